The van der Waals surface area contributed by atoms with Crippen LogP contribution in [0.15, 0.2) is 12.2 Å². The molecule has 0 aromatic rings. The fourth-order valence-corrected chi connectivity index (χ4v) is 10.4. The molecule has 6 rings (SSSR count). The SMILES string of the molecule is C/C=C\C1CCC(C2CCC3C4CCC5C(C)C(=O)CCC56CC46CCC23C)O1. The molecule has 1 saturated heterocycles. The zero-order chi connectivity index (χ0) is 20.0. The van der Waals surface area contributed by atoms with E-state index in [-0.39, 0.29) is 0 Å². The summed E-state index contributed by atoms with van der Waals surface area (Å²) in [5, 5.41) is 0. The molecule has 2 heteroatoms. The Hall–Kier alpha value is -0.630. The molecule has 1 aliphatic heterocycles. The van der Waals surface area contributed by atoms with Crippen molar-refractivity contribution in [2.45, 2.75) is 104 Å². The molecule has 5 aliphatic carbocycles. The van der Waals surface area contributed by atoms with Crippen LogP contribution in [0.4, 0.5) is 0 Å². The molecule has 0 radical (unpaired) electrons. The highest BCUT2D eigenvalue weighted by molar-refractivity contribution is 5.82. The van der Waals surface area contributed by atoms with Crippen molar-refractivity contribution in [1.82, 2.24) is 0 Å². The van der Waals surface area contributed by atoms with Gasteiger partial charge in [-0.2, -0.15) is 0 Å². The summed E-state index contributed by atoms with van der Waals surface area (Å²) in [6.45, 7) is 7.03. The second kappa shape index (κ2) is 6.21. The molecule has 0 aromatic heterocycles. The van der Waals surface area contributed by atoms with E-state index in [9.17, 15) is 4.79 Å². The first kappa shape index (κ1) is 19.1. The molecule has 5 saturated carbocycles. The van der Waals surface area contributed by atoms with E-state index < -0.39 is 0 Å². The van der Waals surface area contributed by atoms with Crippen molar-refractivity contribution in [2.75, 3.05) is 0 Å². The van der Waals surface area contributed by atoms with E-state index in [1.165, 1.54) is 64.2 Å². The highest BCUT2D eigenvalue weighted by Crippen LogP contribution is 2.85. The summed E-state index contributed by atoms with van der Waals surface area (Å²) in [7, 11) is 0. The highest BCUT2D eigenvalue weighted by atomic mass is 16.5. The standard InChI is InChI=1S/C27H40O2/c1-4-5-18-6-11-24(29-18)22-10-8-20-21-9-7-19-17(2)23(28)12-13-26(19)16-27(21,26)15-14-25(20,22)3/h4-5,17-22,24H,6-16H2,1-3H3/b5-4-. The number of allylic oxidation sites excluding steroid dienone is 1. The molecule has 0 bridgehead atoms. The zero-order valence-electron chi connectivity index (χ0n) is 18.8. The quantitative estimate of drug-likeness (QED) is 0.509. The summed E-state index contributed by atoms with van der Waals surface area (Å²) in [6.07, 6.45) is 19.8. The van der Waals surface area contributed by atoms with Crippen molar-refractivity contribution >= 4 is 5.78 Å². The van der Waals surface area contributed by atoms with Crippen molar-refractivity contribution in [1.29, 1.82) is 0 Å². The fourth-order valence-electron chi connectivity index (χ4n) is 10.4. The van der Waals surface area contributed by atoms with E-state index >= 15 is 0 Å². The van der Waals surface area contributed by atoms with Crippen molar-refractivity contribution in [3.63, 3.8) is 0 Å². The van der Waals surface area contributed by atoms with Gasteiger partial charge in [-0.15, -0.1) is 0 Å². The van der Waals surface area contributed by atoms with Crippen LogP contribution in [0, 0.1) is 45.8 Å². The summed E-state index contributed by atoms with van der Waals surface area (Å²) in [5.74, 6) is 4.25. The minimum Gasteiger partial charge on any atom is -0.371 e. The fraction of sp³-hybridized carbons (Fsp3) is 0.889. The maximum atomic E-state index is 12.4. The largest absolute Gasteiger partial charge is 0.371 e. The van der Waals surface area contributed by atoms with Gasteiger partial charge in [0.2, 0.25) is 0 Å². The number of fused-ring (bicyclic) bond motifs is 2. The van der Waals surface area contributed by atoms with Crippen LogP contribution in [0.3, 0.4) is 0 Å². The first-order chi connectivity index (χ1) is 14.0. The summed E-state index contributed by atoms with van der Waals surface area (Å²) in [4.78, 5) is 12.4. The number of hydrogen-bond donors (Lipinski definition) is 0. The Morgan fingerprint density at radius 3 is 2.45 bits per heavy atom. The Morgan fingerprint density at radius 2 is 1.62 bits per heavy atom. The topological polar surface area (TPSA) is 26.3 Å². The smallest absolute Gasteiger partial charge is 0.136 e. The third-order valence-electron chi connectivity index (χ3n) is 11.7. The Balaban J connectivity index is 1.25. The summed E-state index contributed by atoms with van der Waals surface area (Å²) < 4.78 is 6.56. The Bertz CT molecular complexity index is 741. The van der Waals surface area contributed by atoms with Gasteiger partial charge in [0, 0.05) is 12.3 Å². The molecule has 2 nitrogen and oxygen atoms in total. The number of ether oxygens (including phenoxy) is 1. The number of rotatable bonds is 2. The molecule has 10 unspecified atom stereocenters. The van der Waals surface area contributed by atoms with Gasteiger partial charge in [0.15, 0.2) is 0 Å². The van der Waals surface area contributed by atoms with E-state index in [0.29, 0.717) is 46.1 Å². The lowest BCUT2D eigenvalue weighted by Crippen LogP contribution is -2.51. The lowest BCUT2D eigenvalue weighted by Gasteiger charge is -2.56. The number of carbonyl (C=O) groups excluding carboxylic acids is 1. The number of Topliss-reactive ketones (excluding diaryl/α,β-unsaturated/α-hetero) is 1. The first-order valence-corrected chi connectivity index (χ1v) is 12.8. The molecule has 0 N–H and O–H groups in total. The number of hydrogen-bond acceptors (Lipinski definition) is 2. The van der Waals surface area contributed by atoms with Crippen molar-refractivity contribution in [3.05, 3.63) is 12.2 Å². The first-order valence-electron chi connectivity index (χ1n) is 12.8. The van der Waals surface area contributed by atoms with Gasteiger partial charge in [0.1, 0.15) is 5.78 Å². The molecule has 1 heterocycles. The van der Waals surface area contributed by atoms with Gasteiger partial charge in [0.25, 0.3) is 0 Å². The third kappa shape index (κ3) is 2.31. The van der Waals surface area contributed by atoms with E-state index in [4.69, 9.17) is 4.74 Å². The molecule has 160 valence electrons. The van der Waals surface area contributed by atoms with E-state index in [1.54, 1.807) is 0 Å². The molecule has 0 amide bonds. The van der Waals surface area contributed by atoms with Crippen LogP contribution in [0.1, 0.15) is 91.4 Å². The van der Waals surface area contributed by atoms with Gasteiger partial charge in [-0.05, 0) is 111 Å². The van der Waals surface area contributed by atoms with E-state index in [1.807, 2.05) is 0 Å². The highest BCUT2D eigenvalue weighted by Gasteiger charge is 2.79. The minimum atomic E-state index is 0.337. The monoisotopic (exact) mass is 396 g/mol. The van der Waals surface area contributed by atoms with E-state index in [2.05, 4.69) is 32.9 Å². The van der Waals surface area contributed by atoms with Crippen LogP contribution in [-0.2, 0) is 9.53 Å². The van der Waals surface area contributed by atoms with Crippen LogP contribution in [0.25, 0.3) is 0 Å². The second-order valence-corrected chi connectivity index (χ2v) is 12.1. The lowest BCUT2D eigenvalue weighted by atomic mass is 9.48. The second-order valence-electron chi connectivity index (χ2n) is 12.1. The normalized spacial score (nSPS) is 58.6. The van der Waals surface area contributed by atoms with Crippen molar-refractivity contribution in [3.8, 4) is 0 Å². The van der Waals surface area contributed by atoms with Gasteiger partial charge in [0.05, 0.1) is 12.2 Å². The molecular weight excluding hydrogens is 356 g/mol. The van der Waals surface area contributed by atoms with Crippen LogP contribution in [-0.4, -0.2) is 18.0 Å². The Labute approximate surface area is 177 Å². The Morgan fingerprint density at radius 1 is 0.897 bits per heavy atom. The zero-order valence-corrected chi connectivity index (χ0v) is 18.8. The molecule has 10 atom stereocenters. The van der Waals surface area contributed by atoms with E-state index in [0.717, 1.165) is 24.2 Å². The molecule has 6 aliphatic rings. The van der Waals surface area contributed by atoms with Crippen LogP contribution >= 0.6 is 0 Å². The maximum absolute atomic E-state index is 12.4. The maximum Gasteiger partial charge on any atom is 0.136 e. The van der Waals surface area contributed by atoms with Crippen LogP contribution < -0.4 is 0 Å². The lowest BCUT2D eigenvalue weighted by molar-refractivity contribution is -0.135. The molecule has 29 heavy (non-hydrogen) atoms. The van der Waals surface area contributed by atoms with Crippen LogP contribution in [0.5, 0.6) is 0 Å². The van der Waals surface area contributed by atoms with Gasteiger partial charge in [-0.1, -0.05) is 26.0 Å². The third-order valence-corrected chi connectivity index (χ3v) is 11.7. The van der Waals surface area contributed by atoms with Crippen molar-refractivity contribution in [2.24, 2.45) is 45.8 Å². The van der Waals surface area contributed by atoms with Crippen LogP contribution in [0.2, 0.25) is 0 Å². The molecule has 0 aromatic carbocycles. The van der Waals surface area contributed by atoms with Gasteiger partial charge in [-0.25, -0.2) is 0 Å². The molecule has 2 spiro atoms. The Kier molecular flexibility index (Phi) is 4.09. The van der Waals surface area contributed by atoms with Crippen molar-refractivity contribution < 1.29 is 9.53 Å². The van der Waals surface area contributed by atoms with Gasteiger partial charge < -0.3 is 4.74 Å². The predicted octanol–water partition coefficient (Wildman–Crippen LogP) is 6.34. The average Bonchev–Trinajstić information content (AvgIpc) is 2.95. The average molecular weight is 397 g/mol. The summed E-state index contributed by atoms with van der Waals surface area (Å²) >= 11 is 0. The number of ketones is 1. The molecule has 6 fully saturated rings. The minimum absolute atomic E-state index is 0.337. The van der Waals surface area contributed by atoms with Gasteiger partial charge in [-0.3, -0.25) is 4.79 Å². The molecular formula is C27H40O2. The summed E-state index contributed by atoms with van der Waals surface area (Å²) in [6, 6.07) is 0. The summed E-state index contributed by atoms with van der Waals surface area (Å²) in [5.41, 5.74) is 1.68. The predicted molar refractivity (Wildman–Crippen MR) is 115 cm³/mol. The number of carbonyl (C=O) groups is 1. The van der Waals surface area contributed by atoms with Gasteiger partial charge >= 0.3 is 0 Å².